The third-order valence-electron chi connectivity index (χ3n) is 4.43. The Kier molecular flexibility index (Phi) is 5.13. The number of hydrogen-bond donors (Lipinski definition) is 0. The van der Waals surface area contributed by atoms with Gasteiger partial charge in [0.1, 0.15) is 12.4 Å². The van der Waals surface area contributed by atoms with Crippen LogP contribution in [0.1, 0.15) is 34.7 Å². The molecule has 1 aliphatic heterocycles. The molecule has 0 radical (unpaired) electrons. The molecule has 1 fully saturated rings. The number of nitrogens with zero attached hydrogens (tertiary/aromatic N) is 1. The molecule has 3 rings (SSSR count). The van der Waals surface area contributed by atoms with Gasteiger partial charge in [0.2, 0.25) is 0 Å². The normalized spacial score (nSPS) is 15.8. The SMILES string of the molecule is COCc1ccc(C(=O)N2CCC(Cc3ccccc3)CC2)o1. The van der Waals surface area contributed by atoms with Crippen LogP contribution in [-0.4, -0.2) is 31.0 Å². The summed E-state index contributed by atoms with van der Waals surface area (Å²) in [5.41, 5.74) is 1.38. The van der Waals surface area contributed by atoms with Crippen molar-refractivity contribution in [3.8, 4) is 0 Å². The van der Waals surface area contributed by atoms with Gasteiger partial charge in [0.25, 0.3) is 5.91 Å². The lowest BCUT2D eigenvalue weighted by atomic mass is 9.90. The molecule has 0 atom stereocenters. The molecule has 0 aliphatic carbocycles. The van der Waals surface area contributed by atoms with E-state index >= 15 is 0 Å². The zero-order valence-corrected chi connectivity index (χ0v) is 13.5. The first-order chi connectivity index (χ1) is 11.3. The Morgan fingerprint density at radius 1 is 1.17 bits per heavy atom. The number of hydrogen-bond acceptors (Lipinski definition) is 3. The number of amides is 1. The van der Waals surface area contributed by atoms with Gasteiger partial charge in [-0.05, 0) is 42.9 Å². The fraction of sp³-hybridized carbons (Fsp3) is 0.421. The van der Waals surface area contributed by atoms with E-state index < -0.39 is 0 Å². The maximum Gasteiger partial charge on any atom is 0.289 e. The molecule has 2 aromatic rings. The van der Waals surface area contributed by atoms with Crippen LogP contribution in [-0.2, 0) is 17.8 Å². The number of methoxy groups -OCH3 is 1. The Morgan fingerprint density at radius 3 is 2.61 bits per heavy atom. The van der Waals surface area contributed by atoms with Crippen LogP contribution in [0.15, 0.2) is 46.9 Å². The maximum absolute atomic E-state index is 12.5. The summed E-state index contributed by atoms with van der Waals surface area (Å²) < 4.78 is 10.6. The fourth-order valence-corrected chi connectivity index (χ4v) is 3.16. The van der Waals surface area contributed by atoms with Crippen LogP contribution >= 0.6 is 0 Å². The van der Waals surface area contributed by atoms with Crippen LogP contribution in [0.3, 0.4) is 0 Å². The van der Waals surface area contributed by atoms with Gasteiger partial charge in [0.15, 0.2) is 5.76 Å². The van der Waals surface area contributed by atoms with Gasteiger partial charge in [-0.25, -0.2) is 0 Å². The van der Waals surface area contributed by atoms with Gasteiger partial charge in [-0.2, -0.15) is 0 Å². The highest BCUT2D eigenvalue weighted by Gasteiger charge is 2.25. The van der Waals surface area contributed by atoms with Gasteiger partial charge >= 0.3 is 0 Å². The minimum Gasteiger partial charge on any atom is -0.453 e. The Morgan fingerprint density at radius 2 is 1.91 bits per heavy atom. The summed E-state index contributed by atoms with van der Waals surface area (Å²) in [4.78, 5) is 14.4. The molecule has 1 aromatic carbocycles. The van der Waals surface area contributed by atoms with Gasteiger partial charge in [-0.1, -0.05) is 30.3 Å². The molecule has 2 heterocycles. The molecule has 0 bridgehead atoms. The summed E-state index contributed by atoms with van der Waals surface area (Å²) in [6.07, 6.45) is 3.19. The lowest BCUT2D eigenvalue weighted by Gasteiger charge is -2.31. The van der Waals surface area contributed by atoms with E-state index in [0.29, 0.717) is 24.0 Å². The predicted octanol–water partition coefficient (Wildman–Crippen LogP) is 3.52. The van der Waals surface area contributed by atoms with Crippen LogP contribution in [0.2, 0.25) is 0 Å². The second kappa shape index (κ2) is 7.47. The van der Waals surface area contributed by atoms with Crippen molar-refractivity contribution in [3.05, 3.63) is 59.5 Å². The van der Waals surface area contributed by atoms with Gasteiger partial charge in [0, 0.05) is 20.2 Å². The summed E-state index contributed by atoms with van der Waals surface area (Å²) in [7, 11) is 1.61. The van der Waals surface area contributed by atoms with Crippen molar-refractivity contribution in [2.45, 2.75) is 25.9 Å². The number of benzene rings is 1. The molecular weight excluding hydrogens is 290 g/mol. The summed E-state index contributed by atoms with van der Waals surface area (Å²) in [5.74, 6) is 1.75. The monoisotopic (exact) mass is 313 g/mol. The van der Waals surface area contributed by atoms with E-state index in [1.807, 2.05) is 11.0 Å². The second-order valence-corrected chi connectivity index (χ2v) is 6.12. The van der Waals surface area contributed by atoms with Gasteiger partial charge in [-0.15, -0.1) is 0 Å². The smallest absolute Gasteiger partial charge is 0.289 e. The van der Waals surface area contributed by atoms with Crippen molar-refractivity contribution in [2.75, 3.05) is 20.2 Å². The average molecular weight is 313 g/mol. The average Bonchev–Trinajstić information content (AvgIpc) is 3.05. The van der Waals surface area contributed by atoms with Crippen LogP contribution < -0.4 is 0 Å². The predicted molar refractivity (Wildman–Crippen MR) is 88.2 cm³/mol. The quantitative estimate of drug-likeness (QED) is 0.848. The molecule has 1 saturated heterocycles. The molecule has 4 nitrogen and oxygen atoms in total. The highest BCUT2D eigenvalue weighted by Crippen LogP contribution is 2.23. The molecule has 0 unspecified atom stereocenters. The van der Waals surface area contributed by atoms with Gasteiger partial charge in [0.05, 0.1) is 0 Å². The molecule has 1 aromatic heterocycles. The van der Waals surface area contributed by atoms with Crippen LogP contribution in [0.25, 0.3) is 0 Å². The number of rotatable bonds is 5. The number of likely N-dealkylation sites (tertiary alicyclic amines) is 1. The Hall–Kier alpha value is -2.07. The molecule has 1 amide bonds. The van der Waals surface area contributed by atoms with Crippen molar-refractivity contribution in [1.82, 2.24) is 4.90 Å². The zero-order valence-electron chi connectivity index (χ0n) is 13.5. The number of carbonyl (C=O) groups is 1. The number of ether oxygens (including phenoxy) is 1. The van der Waals surface area contributed by atoms with E-state index in [1.165, 1.54) is 5.56 Å². The van der Waals surface area contributed by atoms with Crippen molar-refractivity contribution in [3.63, 3.8) is 0 Å². The van der Waals surface area contributed by atoms with Gasteiger partial charge < -0.3 is 14.1 Å². The van der Waals surface area contributed by atoms with Crippen LogP contribution in [0.5, 0.6) is 0 Å². The molecule has 1 aliphatic rings. The standard InChI is InChI=1S/C19H23NO3/c1-22-14-17-7-8-18(23-17)19(21)20-11-9-16(10-12-20)13-15-5-3-2-4-6-15/h2-8,16H,9-14H2,1H3. The fourth-order valence-electron chi connectivity index (χ4n) is 3.16. The first-order valence-corrected chi connectivity index (χ1v) is 8.17. The molecule has 122 valence electrons. The largest absolute Gasteiger partial charge is 0.453 e. The Labute approximate surface area is 137 Å². The molecular formula is C19H23NO3. The van der Waals surface area contributed by atoms with Crippen molar-refractivity contribution < 1.29 is 13.9 Å². The lowest BCUT2D eigenvalue weighted by Crippen LogP contribution is -2.38. The van der Waals surface area contributed by atoms with Crippen LogP contribution in [0, 0.1) is 5.92 Å². The van der Waals surface area contributed by atoms with E-state index in [-0.39, 0.29) is 5.91 Å². The van der Waals surface area contributed by atoms with Crippen LogP contribution in [0.4, 0.5) is 0 Å². The van der Waals surface area contributed by atoms with E-state index in [9.17, 15) is 4.79 Å². The highest BCUT2D eigenvalue weighted by molar-refractivity contribution is 5.91. The van der Waals surface area contributed by atoms with Gasteiger partial charge in [-0.3, -0.25) is 4.79 Å². The Bertz CT molecular complexity index is 627. The minimum absolute atomic E-state index is 0.00878. The molecule has 0 N–H and O–H groups in total. The van der Waals surface area contributed by atoms with E-state index in [0.717, 1.165) is 32.4 Å². The summed E-state index contributed by atoms with van der Waals surface area (Å²) in [6, 6.07) is 14.1. The molecule has 23 heavy (non-hydrogen) atoms. The first-order valence-electron chi connectivity index (χ1n) is 8.17. The number of piperidine rings is 1. The summed E-state index contributed by atoms with van der Waals surface area (Å²) >= 11 is 0. The minimum atomic E-state index is -0.00878. The van der Waals surface area contributed by atoms with Crippen molar-refractivity contribution >= 4 is 5.91 Å². The third-order valence-corrected chi connectivity index (χ3v) is 4.43. The number of carbonyl (C=O) groups excluding carboxylic acids is 1. The van der Waals surface area contributed by atoms with E-state index in [2.05, 4.69) is 24.3 Å². The van der Waals surface area contributed by atoms with Crippen molar-refractivity contribution in [2.24, 2.45) is 5.92 Å². The zero-order chi connectivity index (χ0) is 16.1. The first kappa shape index (κ1) is 15.8. The molecule has 0 spiro atoms. The topological polar surface area (TPSA) is 42.7 Å². The molecule has 0 saturated carbocycles. The summed E-state index contributed by atoms with van der Waals surface area (Å²) in [5, 5.41) is 0. The lowest BCUT2D eigenvalue weighted by molar-refractivity contribution is 0.0651. The number of furan rings is 1. The third kappa shape index (κ3) is 4.02. The summed E-state index contributed by atoms with van der Waals surface area (Å²) in [6.45, 7) is 2.00. The highest BCUT2D eigenvalue weighted by atomic mass is 16.5. The Balaban J connectivity index is 1.52. The second-order valence-electron chi connectivity index (χ2n) is 6.12. The van der Waals surface area contributed by atoms with E-state index in [1.54, 1.807) is 19.2 Å². The van der Waals surface area contributed by atoms with E-state index in [4.69, 9.17) is 9.15 Å². The maximum atomic E-state index is 12.5. The van der Waals surface area contributed by atoms with Crippen molar-refractivity contribution in [1.29, 1.82) is 0 Å². The molecule has 4 heteroatoms.